The van der Waals surface area contributed by atoms with Crippen molar-refractivity contribution in [3.8, 4) is 22.6 Å². The highest BCUT2D eigenvalue weighted by Gasteiger charge is 2.20. The predicted molar refractivity (Wildman–Crippen MR) is 160 cm³/mol. The van der Waals surface area contributed by atoms with Crippen molar-refractivity contribution in [1.82, 2.24) is 24.9 Å². The molecule has 0 unspecified atom stereocenters. The van der Waals surface area contributed by atoms with Crippen LogP contribution >= 0.6 is 23.5 Å². The first-order valence-electron chi connectivity index (χ1n) is 12.5. The van der Waals surface area contributed by atoms with E-state index in [-0.39, 0.29) is 11.5 Å². The summed E-state index contributed by atoms with van der Waals surface area (Å²) >= 11 is 3.03. The standard InChI is InChI=1S/C31H19N5O2S2/c37-24-5-1-3-16-7-9-18-20(26(16)24)13-33-28(18)39-30-22-11-32-12-23(22)31(36-15-35-30)40-29-19-10-8-17-4-2-6-25(38)27(17)21(19)14-34-29/h1-15,33-34,37-38H. The van der Waals surface area contributed by atoms with E-state index in [2.05, 4.69) is 27.1 Å². The maximum atomic E-state index is 10.5. The average Bonchev–Trinajstić information content (AvgIpc) is 3.69. The van der Waals surface area contributed by atoms with Crippen molar-refractivity contribution in [3.05, 3.63) is 91.8 Å². The molecule has 2 aliphatic rings. The number of hydrogen-bond acceptors (Lipinski definition) is 7. The number of phenols is 2. The van der Waals surface area contributed by atoms with Gasteiger partial charge in [-0.1, -0.05) is 72.1 Å². The molecule has 0 atom stereocenters. The molecule has 0 saturated carbocycles. The molecule has 40 heavy (non-hydrogen) atoms. The molecule has 0 aliphatic carbocycles. The van der Waals surface area contributed by atoms with Crippen LogP contribution in [0, 0.1) is 0 Å². The van der Waals surface area contributed by atoms with Gasteiger partial charge >= 0.3 is 0 Å². The Kier molecular flexibility index (Phi) is 5.16. The molecule has 4 heterocycles. The Bertz CT molecular complexity index is 2070. The van der Waals surface area contributed by atoms with Gasteiger partial charge in [0.15, 0.2) is 0 Å². The van der Waals surface area contributed by atoms with E-state index in [0.29, 0.717) is 0 Å². The van der Waals surface area contributed by atoms with Crippen LogP contribution in [0.15, 0.2) is 112 Å². The van der Waals surface area contributed by atoms with Crippen molar-refractivity contribution in [2.24, 2.45) is 0 Å². The van der Waals surface area contributed by atoms with Crippen LogP contribution in [0.1, 0.15) is 0 Å². The fourth-order valence-corrected chi connectivity index (χ4v) is 7.31. The number of hydrogen-bond donors (Lipinski definition) is 4. The second-order valence-corrected chi connectivity index (χ2v) is 11.5. The van der Waals surface area contributed by atoms with Crippen molar-refractivity contribution >= 4 is 66.6 Å². The van der Waals surface area contributed by atoms with Gasteiger partial charge in [-0.05, 0) is 22.9 Å². The third kappa shape index (κ3) is 3.52. The van der Waals surface area contributed by atoms with Crippen molar-refractivity contribution in [2.45, 2.75) is 20.1 Å². The van der Waals surface area contributed by atoms with E-state index in [9.17, 15) is 10.2 Å². The molecular formula is C31H19N5O2S2. The summed E-state index contributed by atoms with van der Waals surface area (Å²) in [5.74, 6) is 0.521. The summed E-state index contributed by atoms with van der Waals surface area (Å²) in [6.45, 7) is 0. The Morgan fingerprint density at radius 1 is 0.575 bits per heavy atom. The Labute approximate surface area is 235 Å². The topological polar surface area (TPSA) is 111 Å². The summed E-state index contributed by atoms with van der Waals surface area (Å²) in [6.07, 6.45) is 9.09. The number of benzene rings is 4. The molecular weight excluding hydrogens is 539 g/mol. The summed E-state index contributed by atoms with van der Waals surface area (Å²) in [6, 6.07) is 19.3. The molecule has 0 amide bonds. The highest BCUT2D eigenvalue weighted by molar-refractivity contribution is 8.00. The van der Waals surface area contributed by atoms with E-state index >= 15 is 0 Å². The van der Waals surface area contributed by atoms with E-state index in [1.165, 1.54) is 23.5 Å². The van der Waals surface area contributed by atoms with Crippen molar-refractivity contribution in [3.63, 3.8) is 0 Å². The number of aromatic amines is 2. The number of nitrogens with one attached hydrogen (secondary N) is 2. The minimum absolute atomic E-state index is 0.261. The third-order valence-electron chi connectivity index (χ3n) is 7.22. The van der Waals surface area contributed by atoms with E-state index in [1.807, 2.05) is 61.2 Å². The highest BCUT2D eigenvalue weighted by Crippen LogP contribution is 2.44. The highest BCUT2D eigenvalue weighted by atomic mass is 32.2. The van der Waals surface area contributed by atoms with Gasteiger partial charge in [0.2, 0.25) is 0 Å². The van der Waals surface area contributed by atoms with Gasteiger partial charge in [-0.2, -0.15) is 0 Å². The number of aromatic nitrogens is 5. The van der Waals surface area contributed by atoms with Crippen LogP contribution in [-0.4, -0.2) is 35.1 Å². The molecule has 0 bridgehead atoms. The monoisotopic (exact) mass is 557 g/mol. The number of rotatable bonds is 4. The minimum Gasteiger partial charge on any atom is -0.507 e. The lowest BCUT2D eigenvalue weighted by Crippen LogP contribution is -1.82. The van der Waals surface area contributed by atoms with E-state index in [0.717, 1.165) is 74.3 Å². The summed E-state index contributed by atoms with van der Waals surface area (Å²) in [5.41, 5.74) is 1.80. The lowest BCUT2D eigenvalue weighted by Gasteiger charge is -2.05. The smallest absolute Gasteiger partial charge is 0.124 e. The van der Waals surface area contributed by atoms with E-state index < -0.39 is 0 Å². The Morgan fingerprint density at radius 2 is 1.07 bits per heavy atom. The summed E-state index contributed by atoms with van der Waals surface area (Å²) in [5, 5.41) is 32.0. The van der Waals surface area contributed by atoms with Gasteiger partial charge in [0.05, 0.1) is 10.1 Å². The SMILES string of the molecule is Oc1cccc2ccc3c(Sc4ncnc(Sc5[nH]cc6c5ccc5cccc(O)c56)c5cncc4-5)[nH]cc3c12. The Balaban J connectivity index is 1.17. The number of phenolic OH excluding ortho intramolecular Hbond substituents is 2. The first-order valence-corrected chi connectivity index (χ1v) is 14.2. The lowest BCUT2D eigenvalue weighted by molar-refractivity contribution is 0.481. The largest absolute Gasteiger partial charge is 0.507 e. The average molecular weight is 558 g/mol. The summed E-state index contributed by atoms with van der Waals surface area (Å²) < 4.78 is 0. The predicted octanol–water partition coefficient (Wildman–Crippen LogP) is 7.96. The number of H-pyrrole nitrogens is 2. The van der Waals surface area contributed by atoms with Crippen LogP contribution in [0.4, 0.5) is 0 Å². The van der Waals surface area contributed by atoms with Crippen LogP contribution in [-0.2, 0) is 0 Å². The van der Waals surface area contributed by atoms with Crippen molar-refractivity contribution in [1.29, 1.82) is 0 Å². The molecule has 8 rings (SSSR count). The number of fused-ring (bicyclic) bond motifs is 7. The molecule has 9 heteroatoms. The van der Waals surface area contributed by atoms with E-state index in [4.69, 9.17) is 9.97 Å². The summed E-state index contributed by atoms with van der Waals surface area (Å²) in [7, 11) is 0. The molecule has 2 aliphatic heterocycles. The molecule has 192 valence electrons. The molecule has 4 N–H and O–H groups in total. The second kappa shape index (κ2) is 8.90. The van der Waals surface area contributed by atoms with Crippen LogP contribution < -0.4 is 0 Å². The zero-order valence-electron chi connectivity index (χ0n) is 20.7. The van der Waals surface area contributed by atoms with Crippen LogP contribution in [0.2, 0.25) is 0 Å². The molecule has 0 saturated heterocycles. The molecule has 4 aromatic carbocycles. The van der Waals surface area contributed by atoms with Gasteiger partial charge in [-0.15, -0.1) is 0 Å². The maximum absolute atomic E-state index is 10.5. The fourth-order valence-electron chi connectivity index (χ4n) is 5.37. The number of nitrogens with zero attached hydrogens (tertiary/aromatic N) is 3. The van der Waals surface area contributed by atoms with Crippen LogP contribution in [0.5, 0.6) is 11.5 Å². The van der Waals surface area contributed by atoms with Gasteiger partial charge < -0.3 is 20.2 Å². The first kappa shape index (κ1) is 23.2. The van der Waals surface area contributed by atoms with Gasteiger partial charge in [-0.25, -0.2) is 9.97 Å². The molecule has 2 aromatic heterocycles. The minimum atomic E-state index is 0.261. The van der Waals surface area contributed by atoms with Gasteiger partial charge in [0.1, 0.15) is 27.9 Å². The maximum Gasteiger partial charge on any atom is 0.124 e. The molecule has 6 aromatic rings. The molecule has 0 spiro atoms. The molecule has 7 nitrogen and oxygen atoms in total. The Morgan fingerprint density at radius 3 is 1.57 bits per heavy atom. The summed E-state index contributed by atoms with van der Waals surface area (Å²) in [4.78, 5) is 20.6. The number of aromatic hydroxyl groups is 2. The van der Waals surface area contributed by atoms with Gasteiger partial charge in [0.25, 0.3) is 0 Å². The third-order valence-corrected chi connectivity index (χ3v) is 9.34. The Hall–Kier alpha value is -4.73. The van der Waals surface area contributed by atoms with E-state index in [1.54, 1.807) is 18.5 Å². The van der Waals surface area contributed by atoms with Gasteiger partial charge in [0, 0.05) is 68.2 Å². The zero-order valence-corrected chi connectivity index (χ0v) is 22.3. The fraction of sp³-hybridized carbons (Fsp3) is 0. The molecule has 0 fully saturated rings. The quantitative estimate of drug-likeness (QED) is 0.174. The zero-order chi connectivity index (χ0) is 26.8. The second-order valence-electron chi connectivity index (χ2n) is 9.46. The van der Waals surface area contributed by atoms with Gasteiger partial charge in [-0.3, -0.25) is 4.98 Å². The van der Waals surface area contributed by atoms with Crippen molar-refractivity contribution < 1.29 is 10.2 Å². The normalized spacial score (nSPS) is 11.9. The molecule has 0 radical (unpaired) electrons. The van der Waals surface area contributed by atoms with Crippen LogP contribution in [0.25, 0.3) is 54.2 Å². The van der Waals surface area contributed by atoms with Crippen LogP contribution in [0.3, 0.4) is 0 Å². The van der Waals surface area contributed by atoms with Crippen molar-refractivity contribution in [2.75, 3.05) is 0 Å². The first-order chi connectivity index (χ1) is 19.7. The lowest BCUT2D eigenvalue weighted by atomic mass is 10.0.